The summed E-state index contributed by atoms with van der Waals surface area (Å²) in [5.74, 6) is -1.02. The van der Waals surface area contributed by atoms with Crippen molar-refractivity contribution in [3.63, 3.8) is 0 Å². The number of fused-ring (bicyclic) bond motifs is 1. The molecule has 2 aromatic rings. The van der Waals surface area contributed by atoms with Gasteiger partial charge in [0.1, 0.15) is 5.76 Å². The van der Waals surface area contributed by atoms with Crippen molar-refractivity contribution >= 4 is 23.3 Å². The van der Waals surface area contributed by atoms with Crippen molar-refractivity contribution in [1.29, 1.82) is 0 Å². The fourth-order valence-corrected chi connectivity index (χ4v) is 2.78. The van der Waals surface area contributed by atoms with E-state index in [1.54, 1.807) is 6.92 Å². The van der Waals surface area contributed by atoms with E-state index in [1.165, 1.54) is 11.6 Å². The first-order valence-corrected chi connectivity index (χ1v) is 7.98. The Morgan fingerprint density at radius 1 is 1.36 bits per heavy atom. The highest BCUT2D eigenvalue weighted by Gasteiger charge is 2.20. The van der Waals surface area contributed by atoms with Gasteiger partial charge in [-0.2, -0.15) is 0 Å². The predicted octanol–water partition coefficient (Wildman–Crippen LogP) is 0.764. The first kappa shape index (κ1) is 17.0. The molecule has 0 unspecified atom stereocenters. The number of aromatic nitrogens is 1. The zero-order valence-corrected chi connectivity index (χ0v) is 14.1. The number of likely N-dealkylation sites (N-methyl/N-ethyl adjacent to an activating group) is 1. The van der Waals surface area contributed by atoms with Crippen LogP contribution < -0.4 is 15.5 Å². The molecule has 1 aliphatic rings. The summed E-state index contributed by atoms with van der Waals surface area (Å²) in [6, 6.07) is 7.23. The number of nitrogens with one attached hydrogen (secondary N) is 2. The molecule has 3 rings (SSSR count). The normalized spacial score (nSPS) is 14.1. The van der Waals surface area contributed by atoms with E-state index in [0.29, 0.717) is 11.3 Å². The lowest BCUT2D eigenvalue weighted by Gasteiger charge is -2.15. The van der Waals surface area contributed by atoms with Gasteiger partial charge < -0.3 is 19.8 Å². The maximum atomic E-state index is 11.8. The summed E-state index contributed by atoms with van der Waals surface area (Å²) in [5.41, 5.74) is 3.04. The van der Waals surface area contributed by atoms with E-state index in [4.69, 9.17) is 4.52 Å². The van der Waals surface area contributed by atoms with Crippen LogP contribution >= 0.6 is 0 Å². The van der Waals surface area contributed by atoms with Crippen LogP contribution in [0.1, 0.15) is 23.0 Å². The molecule has 0 spiro atoms. The van der Waals surface area contributed by atoms with Gasteiger partial charge in [0.05, 0.1) is 6.10 Å². The molecule has 2 amide bonds. The molecule has 0 radical (unpaired) electrons. The summed E-state index contributed by atoms with van der Waals surface area (Å²) in [5, 5.41) is 18.6. The maximum absolute atomic E-state index is 11.8. The molecular formula is C17H20N4O4. The highest BCUT2D eigenvalue weighted by molar-refractivity contribution is 6.39. The topological polar surface area (TPSA) is 108 Å². The summed E-state index contributed by atoms with van der Waals surface area (Å²) in [4.78, 5) is 25.7. The van der Waals surface area contributed by atoms with Crippen LogP contribution in [0, 0.1) is 6.92 Å². The molecule has 132 valence electrons. The highest BCUT2D eigenvalue weighted by Crippen LogP contribution is 2.29. The SMILES string of the molecule is Cc1cc(NC(=O)C(=O)NC[C@H](O)c2ccc3c(c2)CCN3C)no1. The van der Waals surface area contributed by atoms with Gasteiger partial charge in [-0.3, -0.25) is 14.9 Å². The van der Waals surface area contributed by atoms with Crippen molar-refractivity contribution in [2.24, 2.45) is 0 Å². The van der Waals surface area contributed by atoms with Crippen LogP contribution in [0.2, 0.25) is 0 Å². The molecule has 0 saturated heterocycles. The van der Waals surface area contributed by atoms with Gasteiger partial charge in [-0.15, -0.1) is 0 Å². The Balaban J connectivity index is 1.54. The fourth-order valence-electron chi connectivity index (χ4n) is 2.78. The number of aliphatic hydroxyl groups is 1. The minimum absolute atomic E-state index is 0.0568. The van der Waals surface area contributed by atoms with E-state index in [9.17, 15) is 14.7 Å². The molecule has 0 fully saturated rings. The zero-order valence-electron chi connectivity index (χ0n) is 14.1. The predicted molar refractivity (Wildman–Crippen MR) is 91.3 cm³/mol. The third-order valence-electron chi connectivity index (χ3n) is 4.15. The number of carbonyl (C=O) groups excluding carboxylic acids is 2. The number of rotatable bonds is 4. The number of nitrogens with zero attached hydrogens (tertiary/aromatic N) is 2. The van der Waals surface area contributed by atoms with Crippen LogP contribution in [0.25, 0.3) is 0 Å². The molecule has 0 bridgehead atoms. The number of amides is 2. The van der Waals surface area contributed by atoms with Crippen LogP contribution in [0.15, 0.2) is 28.8 Å². The van der Waals surface area contributed by atoms with Gasteiger partial charge in [-0.1, -0.05) is 17.3 Å². The van der Waals surface area contributed by atoms with E-state index < -0.39 is 17.9 Å². The van der Waals surface area contributed by atoms with Crippen molar-refractivity contribution in [2.45, 2.75) is 19.4 Å². The molecule has 1 aromatic heterocycles. The second kappa shape index (κ2) is 6.94. The van der Waals surface area contributed by atoms with Crippen LogP contribution in [-0.4, -0.2) is 42.2 Å². The quantitative estimate of drug-likeness (QED) is 0.707. The number of hydrogen-bond donors (Lipinski definition) is 3. The van der Waals surface area contributed by atoms with Gasteiger partial charge in [-0.25, -0.2) is 0 Å². The third-order valence-corrected chi connectivity index (χ3v) is 4.15. The van der Waals surface area contributed by atoms with Crippen LogP contribution in [0.3, 0.4) is 0 Å². The molecule has 1 aromatic carbocycles. The summed E-state index contributed by atoms with van der Waals surface area (Å²) in [6.45, 7) is 2.57. The molecular weight excluding hydrogens is 324 g/mol. The lowest BCUT2D eigenvalue weighted by molar-refractivity contribution is -0.136. The van der Waals surface area contributed by atoms with Crippen molar-refractivity contribution in [3.8, 4) is 0 Å². The Labute approximate surface area is 144 Å². The summed E-state index contributed by atoms with van der Waals surface area (Å²) < 4.78 is 4.81. The van der Waals surface area contributed by atoms with E-state index in [2.05, 4.69) is 20.7 Å². The largest absolute Gasteiger partial charge is 0.387 e. The summed E-state index contributed by atoms with van der Waals surface area (Å²) >= 11 is 0. The number of anilines is 2. The molecule has 0 aliphatic carbocycles. The van der Waals surface area contributed by atoms with E-state index in [1.807, 2.05) is 25.2 Å². The first-order valence-electron chi connectivity index (χ1n) is 7.98. The number of aryl methyl sites for hydroxylation is 1. The van der Waals surface area contributed by atoms with Crippen molar-refractivity contribution < 1.29 is 19.2 Å². The fraction of sp³-hybridized carbons (Fsp3) is 0.353. The Morgan fingerprint density at radius 3 is 2.88 bits per heavy atom. The maximum Gasteiger partial charge on any atom is 0.314 e. The van der Waals surface area contributed by atoms with Crippen LogP contribution in [-0.2, 0) is 16.0 Å². The molecule has 8 heteroatoms. The van der Waals surface area contributed by atoms with Gasteiger partial charge in [0, 0.05) is 31.9 Å². The number of aliphatic hydroxyl groups excluding tert-OH is 1. The number of carbonyl (C=O) groups is 2. The van der Waals surface area contributed by atoms with Crippen molar-refractivity contribution in [3.05, 3.63) is 41.2 Å². The van der Waals surface area contributed by atoms with E-state index >= 15 is 0 Å². The second-order valence-corrected chi connectivity index (χ2v) is 6.06. The van der Waals surface area contributed by atoms with E-state index in [-0.39, 0.29) is 12.4 Å². The number of hydrogen-bond acceptors (Lipinski definition) is 6. The van der Waals surface area contributed by atoms with Crippen LogP contribution in [0.4, 0.5) is 11.5 Å². The standard InChI is InChI=1S/C17H20N4O4/c1-10-7-15(20-25-10)19-17(24)16(23)18-9-14(22)12-3-4-13-11(8-12)5-6-21(13)2/h3-4,7-8,14,22H,5-6,9H2,1-2H3,(H,18,23)(H,19,20,24)/t14-/m0/s1. The molecule has 25 heavy (non-hydrogen) atoms. The number of benzene rings is 1. The van der Waals surface area contributed by atoms with Gasteiger partial charge in [0.25, 0.3) is 0 Å². The van der Waals surface area contributed by atoms with Crippen LogP contribution in [0.5, 0.6) is 0 Å². The highest BCUT2D eigenvalue weighted by atomic mass is 16.5. The summed E-state index contributed by atoms with van der Waals surface area (Å²) in [6.07, 6.45) is 0.0420. The molecule has 1 atom stereocenters. The Morgan fingerprint density at radius 2 is 2.16 bits per heavy atom. The van der Waals surface area contributed by atoms with Crippen molar-refractivity contribution in [2.75, 3.05) is 30.4 Å². The molecule has 0 saturated carbocycles. The molecule has 1 aliphatic heterocycles. The van der Waals surface area contributed by atoms with Gasteiger partial charge in [0.2, 0.25) is 0 Å². The molecule has 8 nitrogen and oxygen atoms in total. The lowest BCUT2D eigenvalue weighted by atomic mass is 10.0. The Hall–Kier alpha value is -2.87. The Bertz CT molecular complexity index is 802. The van der Waals surface area contributed by atoms with Gasteiger partial charge in [0.15, 0.2) is 5.82 Å². The van der Waals surface area contributed by atoms with Crippen molar-refractivity contribution in [1.82, 2.24) is 10.5 Å². The third kappa shape index (κ3) is 3.80. The minimum Gasteiger partial charge on any atom is -0.387 e. The lowest BCUT2D eigenvalue weighted by Crippen LogP contribution is -2.37. The molecule has 3 N–H and O–H groups in total. The smallest absolute Gasteiger partial charge is 0.314 e. The molecule has 2 heterocycles. The second-order valence-electron chi connectivity index (χ2n) is 6.06. The average Bonchev–Trinajstić information content (AvgIpc) is 3.17. The average molecular weight is 344 g/mol. The zero-order chi connectivity index (χ0) is 18.0. The Kier molecular flexibility index (Phi) is 4.71. The monoisotopic (exact) mass is 344 g/mol. The summed E-state index contributed by atoms with van der Waals surface area (Å²) in [7, 11) is 2.02. The van der Waals surface area contributed by atoms with Gasteiger partial charge >= 0.3 is 11.8 Å². The van der Waals surface area contributed by atoms with Gasteiger partial charge in [-0.05, 0) is 30.5 Å². The van der Waals surface area contributed by atoms with E-state index in [0.717, 1.165) is 18.7 Å². The minimum atomic E-state index is -0.887. The first-order chi connectivity index (χ1) is 11.9.